The quantitative estimate of drug-likeness (QED) is 0.754. The lowest BCUT2D eigenvalue weighted by atomic mass is 10.0. The van der Waals surface area contributed by atoms with Gasteiger partial charge in [0.05, 0.1) is 12.7 Å². The topological polar surface area (TPSA) is 38.9 Å². The summed E-state index contributed by atoms with van der Waals surface area (Å²) in [6, 6.07) is 3.52. The Morgan fingerprint density at radius 3 is 2.73 bits per heavy atom. The molecule has 0 fully saturated rings. The van der Waals surface area contributed by atoms with Crippen LogP contribution in [0.5, 0.6) is 0 Å². The second-order valence-electron chi connectivity index (χ2n) is 2.72. The summed E-state index contributed by atoms with van der Waals surface area (Å²) in [4.78, 5) is 1.58. The third-order valence-electron chi connectivity index (χ3n) is 1.70. The van der Waals surface area contributed by atoms with Crippen LogP contribution in [0.1, 0.15) is 17.2 Å². The third kappa shape index (κ3) is 2.06. The smallest absolute Gasteiger partial charge is 0.314 e. The van der Waals surface area contributed by atoms with E-state index in [1.165, 1.54) is 11.3 Å². The molecule has 0 aromatic carbocycles. The molecular formula is C8H5BF2N2OS. The van der Waals surface area contributed by atoms with E-state index < -0.39 is 12.3 Å². The number of aromatic nitrogens is 2. The van der Waals surface area contributed by atoms with E-state index in [0.29, 0.717) is 11.2 Å². The van der Waals surface area contributed by atoms with Gasteiger partial charge in [0.2, 0.25) is 0 Å². The normalized spacial score (nSPS) is 11.1. The van der Waals surface area contributed by atoms with Crippen LogP contribution in [0.25, 0.3) is 10.8 Å². The van der Waals surface area contributed by atoms with Crippen LogP contribution in [0.4, 0.5) is 8.78 Å². The van der Waals surface area contributed by atoms with E-state index in [9.17, 15) is 8.78 Å². The zero-order valence-electron chi connectivity index (χ0n) is 7.48. The molecule has 0 N–H and O–H groups in total. The summed E-state index contributed by atoms with van der Waals surface area (Å²) < 4.78 is 29.1. The van der Waals surface area contributed by atoms with Crippen molar-refractivity contribution in [2.75, 3.05) is 0 Å². The fraction of sp³-hybridized carbons (Fsp3) is 0.250. The zero-order chi connectivity index (χ0) is 10.8. The number of hydrogen-bond acceptors (Lipinski definition) is 4. The molecule has 0 saturated carbocycles. The van der Waals surface area contributed by atoms with Gasteiger partial charge >= 0.3 is 6.43 Å². The molecule has 0 aliphatic heterocycles. The number of hydrogen-bond donors (Lipinski definition) is 0. The molecule has 15 heavy (non-hydrogen) atoms. The average molecular weight is 226 g/mol. The van der Waals surface area contributed by atoms with Crippen LogP contribution >= 0.6 is 11.3 Å². The van der Waals surface area contributed by atoms with Gasteiger partial charge in [0, 0.05) is 0 Å². The zero-order valence-corrected chi connectivity index (χ0v) is 8.30. The first-order chi connectivity index (χ1) is 7.20. The first kappa shape index (κ1) is 10.3. The lowest BCUT2D eigenvalue weighted by Gasteiger charge is -1.88. The Morgan fingerprint density at radius 1 is 1.40 bits per heavy atom. The van der Waals surface area contributed by atoms with E-state index in [1.807, 2.05) is 0 Å². The van der Waals surface area contributed by atoms with Crippen molar-refractivity contribution in [2.45, 2.75) is 12.7 Å². The molecule has 0 atom stereocenters. The maximum Gasteiger partial charge on any atom is 0.314 e. The average Bonchev–Trinajstić information content (AvgIpc) is 2.86. The molecule has 3 nitrogen and oxygen atoms in total. The highest BCUT2D eigenvalue weighted by Crippen LogP contribution is 2.28. The van der Waals surface area contributed by atoms with Gasteiger partial charge in [-0.15, -0.1) is 21.5 Å². The maximum absolute atomic E-state index is 12.2. The molecule has 2 aromatic rings. The van der Waals surface area contributed by atoms with E-state index in [2.05, 4.69) is 10.2 Å². The summed E-state index contributed by atoms with van der Waals surface area (Å²) in [6.07, 6.45) is -2.33. The minimum absolute atomic E-state index is 0.106. The van der Waals surface area contributed by atoms with Gasteiger partial charge in [0.1, 0.15) is 0 Å². The van der Waals surface area contributed by atoms with E-state index in [0.717, 1.165) is 4.88 Å². The Labute approximate surface area is 89.5 Å². The molecule has 0 amide bonds. The molecule has 0 unspecified atom stereocenters. The van der Waals surface area contributed by atoms with Crippen LogP contribution in [0, 0.1) is 0 Å². The number of halogens is 2. The van der Waals surface area contributed by atoms with Crippen molar-refractivity contribution in [3.63, 3.8) is 0 Å². The number of nitrogens with zero attached hydrogens (tertiary/aromatic N) is 2. The first-order valence-electron chi connectivity index (χ1n) is 4.11. The predicted molar refractivity (Wildman–Crippen MR) is 52.0 cm³/mol. The van der Waals surface area contributed by atoms with Crippen molar-refractivity contribution in [3.05, 3.63) is 22.9 Å². The second kappa shape index (κ2) is 4.10. The third-order valence-corrected chi connectivity index (χ3v) is 2.80. The molecule has 0 aliphatic carbocycles. The van der Waals surface area contributed by atoms with Crippen LogP contribution in [0.15, 0.2) is 16.5 Å². The van der Waals surface area contributed by atoms with Crippen molar-refractivity contribution in [1.82, 2.24) is 10.2 Å². The predicted octanol–water partition coefficient (Wildman–Crippen LogP) is 2.40. The summed E-state index contributed by atoms with van der Waals surface area (Å²) in [6.45, 7) is 0. The second-order valence-corrected chi connectivity index (χ2v) is 3.88. The minimum Gasteiger partial charge on any atom is -0.414 e. The van der Waals surface area contributed by atoms with Gasteiger partial charge < -0.3 is 4.42 Å². The fourth-order valence-corrected chi connectivity index (χ4v) is 1.83. The largest absolute Gasteiger partial charge is 0.414 e. The monoisotopic (exact) mass is 226 g/mol. The molecule has 2 heterocycles. The fourth-order valence-electron chi connectivity index (χ4n) is 1.02. The molecule has 0 aliphatic rings. The number of alkyl halides is 2. The number of thiophene rings is 1. The highest BCUT2D eigenvalue weighted by molar-refractivity contribution is 7.15. The Balaban J connectivity index is 2.28. The van der Waals surface area contributed by atoms with Gasteiger partial charge in [-0.25, -0.2) is 0 Å². The van der Waals surface area contributed by atoms with Crippen LogP contribution in [0.3, 0.4) is 0 Å². The van der Waals surface area contributed by atoms with Crippen molar-refractivity contribution >= 4 is 19.2 Å². The van der Waals surface area contributed by atoms with Gasteiger partial charge in [-0.2, -0.15) is 8.78 Å². The minimum atomic E-state index is -2.74. The van der Waals surface area contributed by atoms with Crippen LogP contribution in [-0.4, -0.2) is 18.0 Å². The molecule has 0 saturated heterocycles. The van der Waals surface area contributed by atoms with Crippen LogP contribution < -0.4 is 0 Å². The Kier molecular flexibility index (Phi) is 2.81. The van der Waals surface area contributed by atoms with Gasteiger partial charge in [-0.3, -0.25) is 0 Å². The van der Waals surface area contributed by atoms with Gasteiger partial charge in [-0.05, 0) is 17.0 Å². The summed E-state index contributed by atoms with van der Waals surface area (Å²) in [5, 5.41) is 6.76. The molecule has 7 heteroatoms. The highest BCUT2D eigenvalue weighted by Gasteiger charge is 2.17. The van der Waals surface area contributed by atoms with Gasteiger partial charge in [0.15, 0.2) is 0 Å². The summed E-state index contributed by atoms with van der Waals surface area (Å²) in [7, 11) is 5.42. The SMILES string of the molecule is [B]Cc1ccc(-c2nnc(C(F)F)o2)s1. The Morgan fingerprint density at radius 2 is 2.20 bits per heavy atom. The lowest BCUT2D eigenvalue weighted by molar-refractivity contribution is 0.116. The first-order valence-corrected chi connectivity index (χ1v) is 4.93. The molecule has 2 radical (unpaired) electrons. The van der Waals surface area contributed by atoms with E-state index >= 15 is 0 Å². The molecule has 76 valence electrons. The van der Waals surface area contributed by atoms with Crippen LogP contribution in [0.2, 0.25) is 0 Å². The molecule has 0 bridgehead atoms. The maximum atomic E-state index is 12.2. The molecule has 0 spiro atoms. The molecule has 2 aromatic heterocycles. The highest BCUT2D eigenvalue weighted by atomic mass is 32.1. The van der Waals surface area contributed by atoms with Crippen molar-refractivity contribution < 1.29 is 13.2 Å². The number of rotatable bonds is 3. The van der Waals surface area contributed by atoms with Gasteiger partial charge in [0.25, 0.3) is 11.8 Å². The summed E-state index contributed by atoms with van der Waals surface area (Å²) in [5.74, 6) is -0.553. The summed E-state index contributed by atoms with van der Waals surface area (Å²) in [5.41, 5.74) is 0. The van der Waals surface area contributed by atoms with Crippen molar-refractivity contribution in [2.24, 2.45) is 0 Å². The standard InChI is InChI=1S/C8H5BF2N2OS/c9-3-4-1-2-5(15-4)7-12-13-8(14-7)6(10)11/h1-2,6H,3H2. The van der Waals surface area contributed by atoms with E-state index in [-0.39, 0.29) is 5.89 Å². The lowest BCUT2D eigenvalue weighted by Crippen LogP contribution is -1.81. The summed E-state index contributed by atoms with van der Waals surface area (Å²) >= 11 is 1.34. The van der Waals surface area contributed by atoms with E-state index in [1.54, 1.807) is 12.1 Å². The molecular weight excluding hydrogens is 221 g/mol. The van der Waals surface area contributed by atoms with Crippen molar-refractivity contribution in [1.29, 1.82) is 0 Å². The van der Waals surface area contributed by atoms with Gasteiger partial charge in [-0.1, -0.05) is 6.32 Å². The van der Waals surface area contributed by atoms with Crippen LogP contribution in [-0.2, 0) is 6.32 Å². The molecule has 2 rings (SSSR count). The van der Waals surface area contributed by atoms with E-state index in [4.69, 9.17) is 12.3 Å². The Bertz CT molecular complexity index is 457. The van der Waals surface area contributed by atoms with Crippen molar-refractivity contribution in [3.8, 4) is 10.8 Å². The Hall–Kier alpha value is -1.24.